The number of fused-ring (bicyclic) bond motifs is 2. The third kappa shape index (κ3) is 3.18. The predicted octanol–water partition coefficient (Wildman–Crippen LogP) is 2.07. The quantitative estimate of drug-likeness (QED) is 0.800. The van der Waals surface area contributed by atoms with E-state index in [2.05, 4.69) is 39.9 Å². The molecule has 2 aliphatic heterocycles. The number of rotatable bonds is 4. The first-order valence-corrected chi connectivity index (χ1v) is 9.08. The Balaban J connectivity index is 1.42. The number of allylic oxidation sites excluding steroid dienone is 1. The molecular formula is C19H25N5O. The standard InChI is InChI=1S/C19H25N5O/c1-14(2)7-10-22-11-8-18-17(22)9-12-23(18)19(25)13-24-20-15-5-3-4-6-16(15)21-24/h3-7,17-18H,8-13H2,1-2H3/t17-,18-/m0/s1. The Morgan fingerprint density at radius 2 is 1.80 bits per heavy atom. The van der Waals surface area contributed by atoms with Gasteiger partial charge in [0.1, 0.15) is 17.6 Å². The Labute approximate surface area is 148 Å². The van der Waals surface area contributed by atoms with Gasteiger partial charge in [-0.25, -0.2) is 0 Å². The van der Waals surface area contributed by atoms with Crippen LogP contribution < -0.4 is 0 Å². The van der Waals surface area contributed by atoms with Gasteiger partial charge in [0.15, 0.2) is 0 Å². The maximum absolute atomic E-state index is 12.8. The van der Waals surface area contributed by atoms with E-state index in [0.29, 0.717) is 12.1 Å². The number of amides is 1. The van der Waals surface area contributed by atoms with Crippen LogP contribution in [-0.4, -0.2) is 62.4 Å². The van der Waals surface area contributed by atoms with Gasteiger partial charge in [-0.3, -0.25) is 9.69 Å². The summed E-state index contributed by atoms with van der Waals surface area (Å²) in [4.78, 5) is 18.9. The maximum atomic E-state index is 12.8. The Kier molecular flexibility index (Phi) is 4.29. The van der Waals surface area contributed by atoms with Gasteiger partial charge >= 0.3 is 0 Å². The Bertz CT molecular complexity index is 774. The second kappa shape index (κ2) is 6.59. The lowest BCUT2D eigenvalue weighted by atomic mass is 10.1. The van der Waals surface area contributed by atoms with Crippen molar-refractivity contribution >= 4 is 16.9 Å². The molecule has 6 heteroatoms. The molecule has 0 aliphatic carbocycles. The highest BCUT2D eigenvalue weighted by Crippen LogP contribution is 2.31. The predicted molar refractivity (Wildman–Crippen MR) is 97.1 cm³/mol. The van der Waals surface area contributed by atoms with Gasteiger partial charge in [0.05, 0.1) is 0 Å². The van der Waals surface area contributed by atoms with Crippen LogP contribution in [0.15, 0.2) is 35.9 Å². The van der Waals surface area contributed by atoms with Gasteiger partial charge in [-0.2, -0.15) is 15.0 Å². The highest BCUT2D eigenvalue weighted by Gasteiger charge is 2.43. The molecule has 2 fully saturated rings. The molecule has 1 aromatic heterocycles. The van der Waals surface area contributed by atoms with Crippen LogP contribution in [0.1, 0.15) is 26.7 Å². The fourth-order valence-corrected chi connectivity index (χ4v) is 4.10. The average Bonchev–Trinajstić information content (AvgIpc) is 3.26. The fraction of sp³-hybridized carbons (Fsp3) is 0.526. The smallest absolute Gasteiger partial charge is 0.246 e. The minimum absolute atomic E-state index is 0.136. The summed E-state index contributed by atoms with van der Waals surface area (Å²) < 4.78 is 0. The Morgan fingerprint density at radius 1 is 1.12 bits per heavy atom. The van der Waals surface area contributed by atoms with Gasteiger partial charge < -0.3 is 4.90 Å². The molecule has 25 heavy (non-hydrogen) atoms. The van der Waals surface area contributed by atoms with Crippen molar-refractivity contribution in [2.75, 3.05) is 19.6 Å². The van der Waals surface area contributed by atoms with Crippen LogP contribution in [0.4, 0.5) is 0 Å². The van der Waals surface area contributed by atoms with Crippen LogP contribution in [-0.2, 0) is 11.3 Å². The van der Waals surface area contributed by atoms with Crippen LogP contribution in [0, 0.1) is 0 Å². The maximum Gasteiger partial charge on any atom is 0.246 e. The van der Waals surface area contributed by atoms with E-state index in [9.17, 15) is 4.79 Å². The zero-order valence-electron chi connectivity index (χ0n) is 14.9. The van der Waals surface area contributed by atoms with Crippen molar-refractivity contribution in [3.63, 3.8) is 0 Å². The topological polar surface area (TPSA) is 54.3 Å². The number of likely N-dealkylation sites (tertiary alicyclic amines) is 2. The molecular weight excluding hydrogens is 314 g/mol. The highest BCUT2D eigenvalue weighted by atomic mass is 16.2. The van der Waals surface area contributed by atoms with E-state index in [0.717, 1.165) is 43.5 Å². The Hall–Kier alpha value is -2.21. The SMILES string of the molecule is CC(C)=CCN1CC[C@H]2[C@@H]1CCN2C(=O)Cn1nc2ccccc2n1. The molecule has 132 valence electrons. The summed E-state index contributed by atoms with van der Waals surface area (Å²) in [5.41, 5.74) is 3.03. The van der Waals surface area contributed by atoms with Gasteiger partial charge in [-0.05, 0) is 38.8 Å². The summed E-state index contributed by atoms with van der Waals surface area (Å²) in [6.07, 6.45) is 4.43. The minimum atomic E-state index is 0.136. The second-order valence-corrected chi connectivity index (χ2v) is 7.29. The van der Waals surface area contributed by atoms with Gasteiger partial charge in [-0.1, -0.05) is 23.8 Å². The Morgan fingerprint density at radius 3 is 2.48 bits per heavy atom. The molecule has 2 atom stereocenters. The average molecular weight is 339 g/mol. The van der Waals surface area contributed by atoms with Crippen LogP contribution >= 0.6 is 0 Å². The number of hydrogen-bond donors (Lipinski definition) is 0. The molecule has 3 heterocycles. The number of hydrogen-bond acceptors (Lipinski definition) is 4. The summed E-state index contributed by atoms with van der Waals surface area (Å²) in [5.74, 6) is 0.136. The summed E-state index contributed by atoms with van der Waals surface area (Å²) in [6, 6.07) is 8.58. The van der Waals surface area contributed by atoms with E-state index < -0.39 is 0 Å². The van der Waals surface area contributed by atoms with Crippen molar-refractivity contribution in [2.45, 2.75) is 45.3 Å². The van der Waals surface area contributed by atoms with Gasteiger partial charge in [0.25, 0.3) is 0 Å². The molecule has 0 unspecified atom stereocenters. The van der Waals surface area contributed by atoms with Crippen LogP contribution in [0.3, 0.4) is 0 Å². The molecule has 0 N–H and O–H groups in total. The summed E-state index contributed by atoms with van der Waals surface area (Å²) in [7, 11) is 0. The molecule has 0 spiro atoms. The number of carbonyl (C=O) groups excluding carboxylic acids is 1. The summed E-state index contributed by atoms with van der Waals surface area (Å²) >= 11 is 0. The zero-order valence-corrected chi connectivity index (χ0v) is 14.9. The molecule has 1 aromatic carbocycles. The van der Waals surface area contributed by atoms with Crippen molar-refractivity contribution in [3.05, 3.63) is 35.9 Å². The number of nitrogens with zero attached hydrogens (tertiary/aromatic N) is 5. The molecule has 0 radical (unpaired) electrons. The van der Waals surface area contributed by atoms with Crippen molar-refractivity contribution in [1.82, 2.24) is 24.8 Å². The van der Waals surface area contributed by atoms with Crippen molar-refractivity contribution in [3.8, 4) is 0 Å². The molecule has 6 nitrogen and oxygen atoms in total. The summed E-state index contributed by atoms with van der Waals surface area (Å²) in [5, 5.41) is 8.83. The summed E-state index contributed by atoms with van der Waals surface area (Å²) in [6.45, 7) is 7.43. The first kappa shape index (κ1) is 16.3. The highest BCUT2D eigenvalue weighted by molar-refractivity contribution is 5.78. The van der Waals surface area contributed by atoms with Gasteiger partial charge in [-0.15, -0.1) is 0 Å². The van der Waals surface area contributed by atoms with Crippen LogP contribution in [0.2, 0.25) is 0 Å². The van der Waals surface area contributed by atoms with Gasteiger partial charge in [0.2, 0.25) is 5.91 Å². The second-order valence-electron chi connectivity index (χ2n) is 7.29. The lowest BCUT2D eigenvalue weighted by Gasteiger charge is -2.25. The largest absolute Gasteiger partial charge is 0.336 e. The molecule has 2 saturated heterocycles. The molecule has 2 aromatic rings. The normalized spacial score (nSPS) is 23.2. The molecule has 2 aliphatic rings. The molecule has 0 saturated carbocycles. The number of benzene rings is 1. The monoisotopic (exact) mass is 339 g/mol. The van der Waals surface area contributed by atoms with E-state index in [1.54, 1.807) is 0 Å². The van der Waals surface area contributed by atoms with Crippen LogP contribution in [0.5, 0.6) is 0 Å². The minimum Gasteiger partial charge on any atom is -0.336 e. The number of aromatic nitrogens is 3. The molecule has 4 rings (SSSR count). The van der Waals surface area contributed by atoms with E-state index in [1.807, 2.05) is 24.3 Å². The van der Waals surface area contributed by atoms with Gasteiger partial charge in [0, 0.05) is 31.7 Å². The zero-order chi connectivity index (χ0) is 17.4. The first-order valence-electron chi connectivity index (χ1n) is 9.08. The lowest BCUT2D eigenvalue weighted by Crippen LogP contribution is -2.41. The van der Waals surface area contributed by atoms with E-state index in [4.69, 9.17) is 0 Å². The van der Waals surface area contributed by atoms with Crippen molar-refractivity contribution < 1.29 is 4.79 Å². The van der Waals surface area contributed by atoms with Crippen molar-refractivity contribution in [1.29, 1.82) is 0 Å². The van der Waals surface area contributed by atoms with Crippen molar-refractivity contribution in [2.24, 2.45) is 0 Å². The first-order chi connectivity index (χ1) is 12.1. The number of carbonyl (C=O) groups is 1. The third-order valence-electron chi connectivity index (χ3n) is 5.35. The lowest BCUT2D eigenvalue weighted by molar-refractivity contribution is -0.133. The third-order valence-corrected chi connectivity index (χ3v) is 5.35. The van der Waals surface area contributed by atoms with E-state index in [1.165, 1.54) is 10.4 Å². The van der Waals surface area contributed by atoms with E-state index >= 15 is 0 Å². The van der Waals surface area contributed by atoms with Crippen LogP contribution in [0.25, 0.3) is 11.0 Å². The molecule has 0 bridgehead atoms. The van der Waals surface area contributed by atoms with E-state index in [-0.39, 0.29) is 12.5 Å². The molecule has 1 amide bonds. The fourth-order valence-electron chi connectivity index (χ4n) is 4.10.